The maximum absolute atomic E-state index is 11.9. The third kappa shape index (κ3) is 5.07. The molecule has 2 unspecified atom stereocenters. The molecule has 2 aromatic carbocycles. The first kappa shape index (κ1) is 25.3. The van der Waals surface area contributed by atoms with E-state index < -0.39 is 0 Å². The van der Waals surface area contributed by atoms with E-state index in [2.05, 4.69) is 15.6 Å². The molecule has 1 saturated heterocycles. The first-order valence-electron chi connectivity index (χ1n) is 11.8. The lowest BCUT2D eigenvalue weighted by atomic mass is 10.0. The third-order valence-electron chi connectivity index (χ3n) is 6.30. The number of carbonyl (C=O) groups excluding carboxylic acids is 1. The average molecular weight is 551 g/mol. The highest BCUT2D eigenvalue weighted by Crippen LogP contribution is 2.44. The molecular formula is C28H24Cl2N4O2S. The molecule has 1 fully saturated rings. The number of hydrogen-bond donors (Lipinski definition) is 2. The zero-order chi connectivity index (χ0) is 26.1. The van der Waals surface area contributed by atoms with Crippen molar-refractivity contribution in [2.45, 2.75) is 32.4 Å². The molecule has 37 heavy (non-hydrogen) atoms. The van der Waals surface area contributed by atoms with Gasteiger partial charge in [-0.3, -0.25) is 9.78 Å². The van der Waals surface area contributed by atoms with Crippen molar-refractivity contribution >= 4 is 57.8 Å². The predicted octanol–water partition coefficient (Wildman–Crippen LogP) is 7.48. The van der Waals surface area contributed by atoms with Crippen molar-refractivity contribution in [1.29, 1.82) is 0 Å². The number of amides is 1. The Balaban J connectivity index is 1.57. The molecule has 9 heteroatoms. The molecule has 0 saturated carbocycles. The number of pyridine rings is 1. The van der Waals surface area contributed by atoms with Crippen LogP contribution in [-0.2, 0) is 4.79 Å². The van der Waals surface area contributed by atoms with Gasteiger partial charge in [-0.1, -0.05) is 36.2 Å². The summed E-state index contributed by atoms with van der Waals surface area (Å²) < 4.78 is 6.39. The minimum atomic E-state index is -0.322. The van der Waals surface area contributed by atoms with Gasteiger partial charge in [-0.2, -0.15) is 0 Å². The number of halogens is 2. The van der Waals surface area contributed by atoms with E-state index in [1.165, 1.54) is 0 Å². The first-order chi connectivity index (χ1) is 17.9. The van der Waals surface area contributed by atoms with Crippen LogP contribution < -0.4 is 15.5 Å². The van der Waals surface area contributed by atoms with Crippen LogP contribution in [0.4, 0.5) is 11.4 Å². The molecule has 1 aliphatic heterocycles. The minimum Gasteiger partial charge on any atom is -0.459 e. The van der Waals surface area contributed by atoms with Crippen molar-refractivity contribution in [3.63, 3.8) is 0 Å². The summed E-state index contributed by atoms with van der Waals surface area (Å²) in [6.07, 6.45) is 2.17. The molecule has 188 valence electrons. The van der Waals surface area contributed by atoms with E-state index in [0.29, 0.717) is 33.1 Å². The Bertz CT molecular complexity index is 1470. The third-order valence-corrected chi connectivity index (χ3v) is 7.16. The van der Waals surface area contributed by atoms with E-state index in [9.17, 15) is 4.79 Å². The molecule has 0 aliphatic carbocycles. The molecular weight excluding hydrogens is 527 g/mol. The number of hydrogen-bond acceptors (Lipinski definition) is 4. The van der Waals surface area contributed by atoms with Crippen LogP contribution in [0.5, 0.6) is 0 Å². The summed E-state index contributed by atoms with van der Waals surface area (Å²) in [4.78, 5) is 18.6. The van der Waals surface area contributed by atoms with Crippen LogP contribution >= 0.6 is 35.4 Å². The van der Waals surface area contributed by atoms with E-state index in [1.54, 1.807) is 18.3 Å². The Morgan fingerprint density at radius 3 is 2.68 bits per heavy atom. The zero-order valence-electron chi connectivity index (χ0n) is 20.2. The van der Waals surface area contributed by atoms with Gasteiger partial charge in [-0.15, -0.1) is 0 Å². The topological polar surface area (TPSA) is 70.4 Å². The number of carbonyl (C=O) groups is 1. The van der Waals surface area contributed by atoms with Gasteiger partial charge in [0, 0.05) is 34.6 Å². The maximum Gasteiger partial charge on any atom is 0.224 e. The Morgan fingerprint density at radius 2 is 1.97 bits per heavy atom. The monoisotopic (exact) mass is 550 g/mol. The number of aryl methyl sites for hydroxylation is 1. The van der Waals surface area contributed by atoms with Crippen LogP contribution in [0, 0.1) is 6.92 Å². The second-order valence-corrected chi connectivity index (χ2v) is 9.95. The van der Waals surface area contributed by atoms with Crippen LogP contribution in [0.2, 0.25) is 10.0 Å². The molecule has 0 radical (unpaired) electrons. The smallest absolute Gasteiger partial charge is 0.224 e. The number of benzene rings is 2. The Labute approximate surface area is 230 Å². The lowest BCUT2D eigenvalue weighted by molar-refractivity contribution is -0.115. The van der Waals surface area contributed by atoms with Crippen LogP contribution in [0.3, 0.4) is 0 Å². The van der Waals surface area contributed by atoms with Gasteiger partial charge in [0.2, 0.25) is 5.91 Å². The fraction of sp³-hybridized carbons (Fsp3) is 0.179. The van der Waals surface area contributed by atoms with Crippen LogP contribution in [0.15, 0.2) is 77.3 Å². The fourth-order valence-corrected chi connectivity index (χ4v) is 5.29. The highest BCUT2D eigenvalue weighted by atomic mass is 35.5. The molecule has 2 N–H and O–H groups in total. The number of thiocarbonyl (C=S) groups is 1. The summed E-state index contributed by atoms with van der Waals surface area (Å²) in [5.74, 6) is 1.29. The summed E-state index contributed by atoms with van der Waals surface area (Å²) in [6, 6.07) is 20.2. The second kappa shape index (κ2) is 10.5. The number of furan rings is 1. The molecule has 4 aromatic rings. The summed E-state index contributed by atoms with van der Waals surface area (Å²) >= 11 is 18.4. The average Bonchev–Trinajstić information content (AvgIpc) is 3.50. The molecule has 2 aromatic heterocycles. The van der Waals surface area contributed by atoms with Crippen LogP contribution in [0.25, 0.3) is 11.3 Å². The van der Waals surface area contributed by atoms with Gasteiger partial charge in [0.25, 0.3) is 0 Å². The highest BCUT2D eigenvalue weighted by molar-refractivity contribution is 7.80. The second-order valence-electron chi connectivity index (χ2n) is 8.72. The SMILES string of the molecule is CCC(=O)Nc1ccc(N2C(=S)NC(c3ccccn3)C2c2ccc(-c3ccc(Cl)cc3Cl)o2)cc1C. The predicted molar refractivity (Wildman–Crippen MR) is 152 cm³/mol. The van der Waals surface area contributed by atoms with Gasteiger partial charge in [0.05, 0.1) is 16.8 Å². The van der Waals surface area contributed by atoms with Crippen molar-refractivity contribution in [2.75, 3.05) is 10.2 Å². The van der Waals surface area contributed by atoms with Crippen molar-refractivity contribution in [2.24, 2.45) is 0 Å². The molecule has 1 amide bonds. The highest BCUT2D eigenvalue weighted by Gasteiger charge is 2.42. The van der Waals surface area contributed by atoms with Gasteiger partial charge < -0.3 is 20.0 Å². The Kier molecular flexibility index (Phi) is 7.20. The van der Waals surface area contributed by atoms with Crippen molar-refractivity contribution in [3.05, 3.63) is 100.0 Å². The molecule has 1 aliphatic rings. The minimum absolute atomic E-state index is 0.0359. The standard InChI is InChI=1S/C28H24Cl2N4O2S/c1-3-25(35)32-21-10-8-18(14-16(21)2)34-27(26(33-28(34)37)22-6-4-5-13-31-22)24-12-11-23(36-24)19-9-7-17(29)15-20(19)30/h4-15,26-27H,3H2,1-2H3,(H,32,35)(H,33,37). The van der Waals surface area contributed by atoms with E-state index in [1.807, 2.05) is 73.3 Å². The van der Waals surface area contributed by atoms with Gasteiger partial charge in [-0.25, -0.2) is 0 Å². The molecule has 0 spiro atoms. The zero-order valence-corrected chi connectivity index (χ0v) is 22.5. The van der Waals surface area contributed by atoms with Crippen molar-refractivity contribution in [3.8, 4) is 11.3 Å². The largest absolute Gasteiger partial charge is 0.459 e. The van der Waals surface area contributed by atoms with Crippen LogP contribution in [0.1, 0.15) is 42.4 Å². The lowest BCUT2D eigenvalue weighted by Gasteiger charge is -2.27. The van der Waals surface area contributed by atoms with Gasteiger partial charge in [-0.05, 0) is 85.4 Å². The van der Waals surface area contributed by atoms with Crippen molar-refractivity contribution in [1.82, 2.24) is 10.3 Å². The van der Waals surface area contributed by atoms with Gasteiger partial charge in [0.1, 0.15) is 17.6 Å². The molecule has 3 heterocycles. The Hall–Kier alpha value is -3.39. The van der Waals surface area contributed by atoms with Crippen LogP contribution in [-0.4, -0.2) is 16.0 Å². The number of aromatic nitrogens is 1. The molecule has 0 bridgehead atoms. The van der Waals surface area contributed by atoms with Gasteiger partial charge >= 0.3 is 0 Å². The normalized spacial score (nSPS) is 17.1. The van der Waals surface area contributed by atoms with Gasteiger partial charge in [0.15, 0.2) is 5.11 Å². The molecule has 2 atom stereocenters. The van der Waals surface area contributed by atoms with E-state index in [4.69, 9.17) is 39.8 Å². The molecule has 6 nitrogen and oxygen atoms in total. The summed E-state index contributed by atoms with van der Waals surface area (Å²) in [6.45, 7) is 3.78. The quantitative estimate of drug-likeness (QED) is 0.242. The van der Waals surface area contributed by atoms with E-state index >= 15 is 0 Å². The number of rotatable bonds is 6. The van der Waals surface area contributed by atoms with Crippen molar-refractivity contribution < 1.29 is 9.21 Å². The summed E-state index contributed by atoms with van der Waals surface area (Å²) in [5, 5.41) is 7.99. The maximum atomic E-state index is 11.9. The number of nitrogens with zero attached hydrogens (tertiary/aromatic N) is 2. The molecule has 5 rings (SSSR count). The first-order valence-corrected chi connectivity index (χ1v) is 13.0. The summed E-state index contributed by atoms with van der Waals surface area (Å²) in [7, 11) is 0. The van der Waals surface area contributed by atoms with E-state index in [-0.39, 0.29) is 18.0 Å². The number of nitrogens with one attached hydrogen (secondary N) is 2. The Morgan fingerprint density at radius 1 is 1.14 bits per heavy atom. The number of anilines is 2. The lowest BCUT2D eigenvalue weighted by Crippen LogP contribution is -2.29. The fourth-order valence-electron chi connectivity index (χ4n) is 4.44. The van der Waals surface area contributed by atoms with E-state index in [0.717, 1.165) is 28.2 Å². The summed E-state index contributed by atoms with van der Waals surface area (Å²) in [5.41, 5.74) is 4.15.